The summed E-state index contributed by atoms with van der Waals surface area (Å²) in [5.74, 6) is -0.212. The summed E-state index contributed by atoms with van der Waals surface area (Å²) in [6, 6.07) is 11.9. The van der Waals surface area contributed by atoms with Gasteiger partial charge >= 0.3 is 0 Å². The highest BCUT2D eigenvalue weighted by Crippen LogP contribution is 2.27. The smallest absolute Gasteiger partial charge is 0.256 e. The zero-order valence-electron chi connectivity index (χ0n) is 10.2. The van der Waals surface area contributed by atoms with Gasteiger partial charge in [0, 0.05) is 10.6 Å². The number of anilines is 1. The summed E-state index contributed by atoms with van der Waals surface area (Å²) in [4.78, 5) is 13.1. The van der Waals surface area contributed by atoms with Crippen LogP contribution in [0.15, 0.2) is 47.4 Å². The molecule has 0 saturated carbocycles. The molecule has 0 fully saturated rings. The molecule has 0 bridgehead atoms. The van der Waals surface area contributed by atoms with Crippen LogP contribution in [0.5, 0.6) is 5.75 Å². The number of halogens is 1. The van der Waals surface area contributed by atoms with Gasteiger partial charge in [0.1, 0.15) is 5.75 Å². The molecule has 0 unspecified atom stereocenters. The number of carbonyl (C=O) groups excluding carboxylic acids is 1. The van der Waals surface area contributed by atoms with E-state index >= 15 is 0 Å². The van der Waals surface area contributed by atoms with E-state index in [4.69, 9.17) is 11.6 Å². The van der Waals surface area contributed by atoms with Crippen molar-refractivity contribution in [1.82, 2.24) is 0 Å². The van der Waals surface area contributed by atoms with Gasteiger partial charge in [0.05, 0.1) is 10.6 Å². The Balaban J connectivity index is 2.23. The van der Waals surface area contributed by atoms with Gasteiger partial charge in [0.15, 0.2) is 0 Å². The molecule has 2 rings (SSSR count). The second-order valence-corrected chi connectivity index (χ2v) is 5.08. The van der Waals surface area contributed by atoms with E-state index in [2.05, 4.69) is 5.32 Å². The van der Waals surface area contributed by atoms with Crippen molar-refractivity contribution in [2.75, 3.05) is 11.6 Å². The molecule has 2 aromatic rings. The summed E-state index contributed by atoms with van der Waals surface area (Å²) in [7, 11) is 0. The largest absolute Gasteiger partial charge is 0.506 e. The first kappa shape index (κ1) is 13.8. The third-order valence-electron chi connectivity index (χ3n) is 2.56. The number of nitrogens with one attached hydrogen (secondary N) is 1. The number of aromatic hydroxyl groups is 1. The Labute approximate surface area is 120 Å². The van der Waals surface area contributed by atoms with Crippen LogP contribution in [0.4, 0.5) is 5.69 Å². The number of amides is 1. The third-order valence-corrected chi connectivity index (χ3v) is 3.66. The molecule has 0 atom stereocenters. The molecule has 2 aromatic carbocycles. The Morgan fingerprint density at radius 3 is 2.68 bits per heavy atom. The normalized spacial score (nSPS) is 10.2. The Morgan fingerprint density at radius 1 is 1.26 bits per heavy atom. The van der Waals surface area contributed by atoms with Gasteiger partial charge in [0.25, 0.3) is 5.91 Å². The van der Waals surface area contributed by atoms with E-state index in [1.54, 1.807) is 12.1 Å². The number of phenols is 1. The second-order valence-electron chi connectivity index (χ2n) is 3.82. The van der Waals surface area contributed by atoms with Crippen LogP contribution in [0.25, 0.3) is 0 Å². The predicted octanol–water partition coefficient (Wildman–Crippen LogP) is 4.02. The van der Waals surface area contributed by atoms with Gasteiger partial charge in [-0.05, 0) is 36.6 Å². The van der Waals surface area contributed by atoms with E-state index in [9.17, 15) is 9.90 Å². The van der Waals surface area contributed by atoms with Crippen LogP contribution in [0.3, 0.4) is 0 Å². The van der Waals surface area contributed by atoms with Gasteiger partial charge in [0.2, 0.25) is 0 Å². The van der Waals surface area contributed by atoms with Gasteiger partial charge in [-0.2, -0.15) is 0 Å². The number of hydrogen-bond donors (Lipinski definition) is 2. The summed E-state index contributed by atoms with van der Waals surface area (Å²) in [6.45, 7) is 0. The summed E-state index contributed by atoms with van der Waals surface area (Å²) in [6.07, 6.45) is 1.92. The quantitative estimate of drug-likeness (QED) is 0.664. The van der Waals surface area contributed by atoms with Gasteiger partial charge in [-0.1, -0.05) is 23.7 Å². The van der Waals surface area contributed by atoms with E-state index in [1.807, 2.05) is 24.5 Å². The highest BCUT2D eigenvalue weighted by Gasteiger charge is 2.11. The van der Waals surface area contributed by atoms with Crippen LogP contribution in [0.2, 0.25) is 5.02 Å². The summed E-state index contributed by atoms with van der Waals surface area (Å²) in [5, 5.41) is 12.3. The van der Waals surface area contributed by atoms with Crippen LogP contribution in [0, 0.1) is 0 Å². The predicted molar refractivity (Wildman–Crippen MR) is 79.3 cm³/mol. The number of rotatable bonds is 3. The summed E-state index contributed by atoms with van der Waals surface area (Å²) in [5.41, 5.74) is 1.16. The summed E-state index contributed by atoms with van der Waals surface area (Å²) < 4.78 is 0. The molecule has 5 heteroatoms. The van der Waals surface area contributed by atoms with Crippen molar-refractivity contribution in [2.45, 2.75) is 4.90 Å². The minimum atomic E-state index is -0.202. The van der Waals surface area contributed by atoms with Crippen molar-refractivity contribution >= 4 is 35.0 Å². The number of phenolic OH excluding ortho intramolecular Hbond substituents is 1. The van der Waals surface area contributed by atoms with Crippen molar-refractivity contribution in [2.24, 2.45) is 0 Å². The Morgan fingerprint density at radius 2 is 2.00 bits per heavy atom. The van der Waals surface area contributed by atoms with E-state index < -0.39 is 0 Å². The van der Waals surface area contributed by atoms with Crippen LogP contribution in [0.1, 0.15) is 10.4 Å². The highest BCUT2D eigenvalue weighted by molar-refractivity contribution is 7.98. The average molecular weight is 294 g/mol. The molecule has 0 aromatic heterocycles. The molecule has 0 aliphatic rings. The lowest BCUT2D eigenvalue weighted by atomic mass is 10.2. The molecule has 0 heterocycles. The first-order valence-electron chi connectivity index (χ1n) is 5.54. The van der Waals surface area contributed by atoms with Crippen molar-refractivity contribution in [3.63, 3.8) is 0 Å². The fourth-order valence-electron chi connectivity index (χ4n) is 1.62. The lowest BCUT2D eigenvalue weighted by Gasteiger charge is -2.09. The SMILES string of the molecule is CSc1ccccc1C(=O)Nc1ccc(O)c(Cl)c1. The Hall–Kier alpha value is -1.65. The molecule has 0 spiro atoms. The lowest BCUT2D eigenvalue weighted by molar-refractivity contribution is 0.102. The van der Waals surface area contributed by atoms with Crippen LogP contribution in [-0.4, -0.2) is 17.3 Å². The maximum atomic E-state index is 12.2. The van der Waals surface area contributed by atoms with E-state index in [0.29, 0.717) is 11.3 Å². The monoisotopic (exact) mass is 293 g/mol. The molecule has 1 amide bonds. The molecular weight excluding hydrogens is 282 g/mol. The Bertz CT molecular complexity index is 616. The molecule has 0 aliphatic heterocycles. The van der Waals surface area contributed by atoms with Crippen LogP contribution >= 0.6 is 23.4 Å². The van der Waals surface area contributed by atoms with E-state index in [0.717, 1.165) is 4.90 Å². The number of benzene rings is 2. The zero-order chi connectivity index (χ0) is 13.8. The zero-order valence-corrected chi connectivity index (χ0v) is 11.8. The molecule has 3 nitrogen and oxygen atoms in total. The molecule has 2 N–H and O–H groups in total. The minimum absolute atomic E-state index is 0.0100. The molecule has 0 saturated heterocycles. The Kier molecular flexibility index (Phi) is 4.35. The van der Waals surface area contributed by atoms with Crippen molar-refractivity contribution in [3.05, 3.63) is 53.1 Å². The van der Waals surface area contributed by atoms with Gasteiger partial charge in [-0.15, -0.1) is 11.8 Å². The van der Waals surface area contributed by atoms with Gasteiger partial charge in [-0.25, -0.2) is 0 Å². The topological polar surface area (TPSA) is 49.3 Å². The average Bonchev–Trinajstić information content (AvgIpc) is 2.43. The van der Waals surface area contributed by atoms with Gasteiger partial charge in [-0.3, -0.25) is 4.79 Å². The fraction of sp³-hybridized carbons (Fsp3) is 0.0714. The lowest BCUT2D eigenvalue weighted by Crippen LogP contribution is -2.12. The number of thioether (sulfide) groups is 1. The third kappa shape index (κ3) is 3.22. The first-order chi connectivity index (χ1) is 9.11. The summed E-state index contributed by atoms with van der Waals surface area (Å²) >= 11 is 7.31. The van der Waals surface area contributed by atoms with Crippen LogP contribution < -0.4 is 5.32 Å². The van der Waals surface area contributed by atoms with Crippen LogP contribution in [-0.2, 0) is 0 Å². The molecule has 0 aliphatic carbocycles. The van der Waals surface area contributed by atoms with Crippen molar-refractivity contribution < 1.29 is 9.90 Å². The number of hydrogen-bond acceptors (Lipinski definition) is 3. The molecular formula is C14H12ClNO2S. The van der Waals surface area contributed by atoms with Gasteiger partial charge < -0.3 is 10.4 Å². The second kappa shape index (κ2) is 5.99. The fourth-order valence-corrected chi connectivity index (χ4v) is 2.39. The molecule has 19 heavy (non-hydrogen) atoms. The first-order valence-corrected chi connectivity index (χ1v) is 7.15. The van der Waals surface area contributed by atoms with E-state index in [-0.39, 0.29) is 16.7 Å². The maximum Gasteiger partial charge on any atom is 0.256 e. The number of carbonyl (C=O) groups is 1. The van der Waals surface area contributed by atoms with Crippen molar-refractivity contribution in [3.8, 4) is 5.75 Å². The highest BCUT2D eigenvalue weighted by atomic mass is 35.5. The minimum Gasteiger partial charge on any atom is -0.506 e. The molecule has 0 radical (unpaired) electrons. The molecule has 98 valence electrons. The standard InChI is InChI=1S/C14H12ClNO2S/c1-19-13-5-3-2-4-10(13)14(18)16-9-6-7-12(17)11(15)8-9/h2-8,17H,1H3,(H,16,18). The van der Waals surface area contributed by atoms with Crippen molar-refractivity contribution in [1.29, 1.82) is 0 Å². The maximum absolute atomic E-state index is 12.2. The van der Waals surface area contributed by atoms with E-state index in [1.165, 1.54) is 23.9 Å².